The van der Waals surface area contributed by atoms with Crippen molar-refractivity contribution in [2.75, 3.05) is 0 Å². The Hall–Kier alpha value is -3.01. The molecule has 148 valence electrons. The number of benzene rings is 1. The summed E-state index contributed by atoms with van der Waals surface area (Å²) in [6.45, 7) is 1.65. The van der Waals surface area contributed by atoms with Crippen LogP contribution in [0, 0.1) is 0 Å². The van der Waals surface area contributed by atoms with Gasteiger partial charge in [-0.25, -0.2) is 9.97 Å². The number of amides is 2. The first-order valence-electron chi connectivity index (χ1n) is 8.54. The van der Waals surface area contributed by atoms with Gasteiger partial charge >= 0.3 is 6.18 Å². The van der Waals surface area contributed by atoms with E-state index in [4.69, 9.17) is 0 Å². The molecule has 0 aliphatic carbocycles. The van der Waals surface area contributed by atoms with Crippen molar-refractivity contribution in [3.8, 4) is 0 Å². The van der Waals surface area contributed by atoms with Crippen molar-refractivity contribution in [3.63, 3.8) is 0 Å². The van der Waals surface area contributed by atoms with Crippen molar-refractivity contribution in [1.29, 1.82) is 0 Å². The van der Waals surface area contributed by atoms with Gasteiger partial charge in [-0.15, -0.1) is 0 Å². The molecule has 3 N–H and O–H groups in total. The molecule has 2 amide bonds. The maximum atomic E-state index is 12.7. The van der Waals surface area contributed by atoms with Gasteiger partial charge in [-0.3, -0.25) is 14.9 Å². The number of carbonyl (C=O) groups is 2. The summed E-state index contributed by atoms with van der Waals surface area (Å²) in [6.07, 6.45) is -2.16. The molecule has 1 aliphatic heterocycles. The Kier molecular flexibility index (Phi) is 5.59. The fraction of sp³-hybridized carbons (Fsp3) is 0.333. The number of alkyl halides is 3. The lowest BCUT2D eigenvalue weighted by molar-refractivity contribution is -0.137. The molecule has 0 spiro atoms. The van der Waals surface area contributed by atoms with Crippen molar-refractivity contribution in [2.45, 2.75) is 37.8 Å². The fourth-order valence-electron chi connectivity index (χ4n) is 2.83. The van der Waals surface area contributed by atoms with Crippen LogP contribution < -0.4 is 16.0 Å². The second kappa shape index (κ2) is 7.93. The topological polar surface area (TPSA) is 96.0 Å². The summed E-state index contributed by atoms with van der Waals surface area (Å²) in [5, 5.41) is 8.34. The predicted molar refractivity (Wildman–Crippen MR) is 92.5 cm³/mol. The average Bonchev–Trinajstić information content (AvgIpc) is 2.67. The summed E-state index contributed by atoms with van der Waals surface area (Å²) in [5.41, 5.74) is -0.240. The molecule has 2 aromatic rings. The van der Waals surface area contributed by atoms with E-state index in [-0.39, 0.29) is 12.3 Å². The van der Waals surface area contributed by atoms with Gasteiger partial charge in [0.25, 0.3) is 0 Å². The Balaban J connectivity index is 1.65. The maximum absolute atomic E-state index is 12.7. The lowest BCUT2D eigenvalue weighted by atomic mass is 10.0. The lowest BCUT2D eigenvalue weighted by Gasteiger charge is -2.30. The van der Waals surface area contributed by atoms with E-state index in [1.165, 1.54) is 24.5 Å². The van der Waals surface area contributed by atoms with Gasteiger partial charge in [-0.05, 0) is 30.7 Å². The molecule has 1 aromatic carbocycles. The van der Waals surface area contributed by atoms with Crippen molar-refractivity contribution >= 4 is 11.8 Å². The van der Waals surface area contributed by atoms with E-state index in [2.05, 4.69) is 25.9 Å². The van der Waals surface area contributed by atoms with Gasteiger partial charge < -0.3 is 10.6 Å². The van der Waals surface area contributed by atoms with Gasteiger partial charge in [0, 0.05) is 12.4 Å². The van der Waals surface area contributed by atoms with Gasteiger partial charge in [0.2, 0.25) is 11.8 Å². The minimum atomic E-state index is -4.42. The Morgan fingerprint density at radius 2 is 1.86 bits per heavy atom. The SMILES string of the molecule is C[C@@H](NC(=O)C1CC(=O)NC(c2ncccn2)N1)c1ccc(C(F)(F)F)cc1. The fourth-order valence-corrected chi connectivity index (χ4v) is 2.83. The molecule has 1 aromatic heterocycles. The number of hydrogen-bond acceptors (Lipinski definition) is 5. The van der Waals surface area contributed by atoms with E-state index < -0.39 is 35.9 Å². The molecule has 3 rings (SSSR count). The molecule has 3 atom stereocenters. The van der Waals surface area contributed by atoms with Crippen LogP contribution in [0.5, 0.6) is 0 Å². The van der Waals surface area contributed by atoms with Crippen LogP contribution in [0.25, 0.3) is 0 Å². The minimum Gasteiger partial charge on any atom is -0.348 e. The number of nitrogens with zero attached hydrogens (tertiary/aromatic N) is 2. The Labute approximate surface area is 158 Å². The molecule has 1 saturated heterocycles. The molecule has 0 bridgehead atoms. The highest BCUT2D eigenvalue weighted by molar-refractivity contribution is 5.89. The third-order valence-electron chi connectivity index (χ3n) is 4.32. The number of carbonyl (C=O) groups excluding carboxylic acids is 2. The smallest absolute Gasteiger partial charge is 0.348 e. The third kappa shape index (κ3) is 4.63. The van der Waals surface area contributed by atoms with Crippen molar-refractivity contribution in [3.05, 3.63) is 59.7 Å². The van der Waals surface area contributed by atoms with E-state index >= 15 is 0 Å². The zero-order chi connectivity index (χ0) is 20.3. The normalized spacial score (nSPS) is 20.9. The van der Waals surface area contributed by atoms with Crippen LogP contribution in [0.1, 0.15) is 42.5 Å². The van der Waals surface area contributed by atoms with Gasteiger partial charge in [-0.1, -0.05) is 12.1 Å². The van der Waals surface area contributed by atoms with Crippen LogP contribution in [-0.4, -0.2) is 27.8 Å². The Morgan fingerprint density at radius 1 is 1.21 bits per heavy atom. The largest absolute Gasteiger partial charge is 0.416 e. The predicted octanol–water partition coefficient (Wildman–Crippen LogP) is 1.85. The molecule has 2 unspecified atom stereocenters. The van der Waals surface area contributed by atoms with E-state index in [1.54, 1.807) is 13.0 Å². The summed E-state index contributed by atoms with van der Waals surface area (Å²) in [6, 6.07) is 4.84. The van der Waals surface area contributed by atoms with Gasteiger partial charge in [0.15, 0.2) is 5.82 Å². The van der Waals surface area contributed by atoms with Crippen LogP contribution in [-0.2, 0) is 15.8 Å². The van der Waals surface area contributed by atoms with Crippen LogP contribution in [0.3, 0.4) is 0 Å². The second-order valence-corrected chi connectivity index (χ2v) is 6.38. The maximum Gasteiger partial charge on any atom is 0.416 e. The van der Waals surface area contributed by atoms with Gasteiger partial charge in [0.05, 0.1) is 24.1 Å². The molecule has 0 saturated carbocycles. The zero-order valence-corrected chi connectivity index (χ0v) is 14.8. The van der Waals surface area contributed by atoms with E-state index in [1.807, 2.05) is 0 Å². The zero-order valence-electron chi connectivity index (χ0n) is 14.8. The molecule has 10 heteroatoms. The number of nitrogens with one attached hydrogen (secondary N) is 3. The van der Waals surface area contributed by atoms with Crippen molar-refractivity contribution in [1.82, 2.24) is 25.9 Å². The molecule has 28 heavy (non-hydrogen) atoms. The molecule has 0 radical (unpaired) electrons. The molecule has 1 aliphatic rings. The first-order chi connectivity index (χ1) is 13.2. The third-order valence-corrected chi connectivity index (χ3v) is 4.32. The van der Waals surface area contributed by atoms with Crippen molar-refractivity contribution in [2.24, 2.45) is 0 Å². The summed E-state index contributed by atoms with van der Waals surface area (Å²) in [7, 11) is 0. The Bertz CT molecular complexity index is 843. The van der Waals surface area contributed by atoms with Crippen LogP contribution in [0.15, 0.2) is 42.7 Å². The number of hydrogen-bond donors (Lipinski definition) is 3. The standard InChI is InChI=1S/C18H18F3N5O2/c1-10(11-3-5-12(6-4-11)18(19,20)21)24-17(28)13-9-14(27)26-16(25-13)15-22-7-2-8-23-15/h2-8,10,13,16,25H,9H2,1H3,(H,24,28)(H,26,27)/t10-,13?,16?/m1/s1. The number of halogens is 3. The molecule has 2 heterocycles. The van der Waals surface area contributed by atoms with Gasteiger partial charge in [0.1, 0.15) is 6.17 Å². The van der Waals surface area contributed by atoms with Crippen LogP contribution in [0.2, 0.25) is 0 Å². The highest BCUT2D eigenvalue weighted by Crippen LogP contribution is 2.29. The Morgan fingerprint density at radius 3 is 2.46 bits per heavy atom. The van der Waals surface area contributed by atoms with Gasteiger partial charge in [-0.2, -0.15) is 13.2 Å². The molecular weight excluding hydrogens is 375 g/mol. The summed E-state index contributed by atoms with van der Waals surface area (Å²) < 4.78 is 38.0. The van der Waals surface area contributed by atoms with Crippen molar-refractivity contribution < 1.29 is 22.8 Å². The number of rotatable bonds is 4. The van der Waals surface area contributed by atoms with Crippen LogP contribution >= 0.6 is 0 Å². The average molecular weight is 393 g/mol. The van der Waals surface area contributed by atoms with E-state index in [0.717, 1.165) is 12.1 Å². The summed E-state index contributed by atoms with van der Waals surface area (Å²) >= 11 is 0. The molecule has 7 nitrogen and oxygen atoms in total. The van der Waals surface area contributed by atoms with E-state index in [0.29, 0.717) is 11.4 Å². The molecule has 1 fully saturated rings. The minimum absolute atomic E-state index is 0.0745. The summed E-state index contributed by atoms with van der Waals surface area (Å²) in [5.74, 6) is -0.453. The highest BCUT2D eigenvalue weighted by Gasteiger charge is 2.33. The van der Waals surface area contributed by atoms with E-state index in [9.17, 15) is 22.8 Å². The quantitative estimate of drug-likeness (QED) is 0.737. The monoisotopic (exact) mass is 393 g/mol. The summed E-state index contributed by atoms with van der Waals surface area (Å²) in [4.78, 5) is 32.6. The first kappa shape index (κ1) is 19.7. The second-order valence-electron chi connectivity index (χ2n) is 6.38. The number of aromatic nitrogens is 2. The van der Waals surface area contributed by atoms with Crippen LogP contribution in [0.4, 0.5) is 13.2 Å². The molecular formula is C18H18F3N5O2. The lowest BCUT2D eigenvalue weighted by Crippen LogP contribution is -2.56. The highest BCUT2D eigenvalue weighted by atomic mass is 19.4. The first-order valence-corrected chi connectivity index (χ1v) is 8.54.